The highest BCUT2D eigenvalue weighted by molar-refractivity contribution is 8.00. The maximum atomic E-state index is 10.3. The normalized spacial score (nSPS) is 11.5. The molecule has 82 valence electrons. The SMILES string of the molecule is CC(C)(C)Sc1c(Cl)cccc1CN=O. The molecular weight excluding hydrogens is 230 g/mol. The summed E-state index contributed by atoms with van der Waals surface area (Å²) in [4.78, 5) is 11.3. The molecule has 0 spiro atoms. The predicted molar refractivity (Wildman–Crippen MR) is 66.6 cm³/mol. The molecule has 0 saturated carbocycles. The van der Waals surface area contributed by atoms with Crippen LogP contribution in [0.25, 0.3) is 0 Å². The Labute approximate surface area is 99.4 Å². The minimum Gasteiger partial charge on any atom is -0.150 e. The van der Waals surface area contributed by atoms with Gasteiger partial charge in [0, 0.05) is 9.64 Å². The van der Waals surface area contributed by atoms with Gasteiger partial charge < -0.3 is 0 Å². The molecule has 0 aromatic heterocycles. The van der Waals surface area contributed by atoms with E-state index in [0.717, 1.165) is 10.5 Å². The van der Waals surface area contributed by atoms with Crippen molar-refractivity contribution >= 4 is 23.4 Å². The van der Waals surface area contributed by atoms with E-state index in [-0.39, 0.29) is 11.3 Å². The van der Waals surface area contributed by atoms with Gasteiger partial charge in [0.1, 0.15) is 6.54 Å². The summed E-state index contributed by atoms with van der Waals surface area (Å²) < 4.78 is 0.0721. The molecule has 0 radical (unpaired) electrons. The van der Waals surface area contributed by atoms with E-state index < -0.39 is 0 Å². The fourth-order valence-electron chi connectivity index (χ4n) is 1.17. The summed E-state index contributed by atoms with van der Waals surface area (Å²) in [6, 6.07) is 5.57. The monoisotopic (exact) mass is 243 g/mol. The van der Waals surface area contributed by atoms with Crippen molar-refractivity contribution in [3.05, 3.63) is 33.7 Å². The molecule has 0 atom stereocenters. The van der Waals surface area contributed by atoms with E-state index in [1.807, 2.05) is 18.2 Å². The van der Waals surface area contributed by atoms with Crippen molar-refractivity contribution in [2.45, 2.75) is 37.0 Å². The van der Waals surface area contributed by atoms with E-state index in [2.05, 4.69) is 25.9 Å². The number of halogens is 1. The van der Waals surface area contributed by atoms with E-state index in [0.29, 0.717) is 5.02 Å². The highest BCUT2D eigenvalue weighted by Crippen LogP contribution is 2.38. The molecule has 1 rings (SSSR count). The molecule has 0 heterocycles. The van der Waals surface area contributed by atoms with Crippen LogP contribution in [0.1, 0.15) is 26.3 Å². The van der Waals surface area contributed by atoms with Gasteiger partial charge >= 0.3 is 0 Å². The number of hydrogen-bond donors (Lipinski definition) is 0. The van der Waals surface area contributed by atoms with Gasteiger partial charge in [0.05, 0.1) is 5.02 Å². The zero-order valence-corrected chi connectivity index (χ0v) is 10.7. The summed E-state index contributed by atoms with van der Waals surface area (Å²) in [6.07, 6.45) is 0. The molecule has 0 saturated heterocycles. The summed E-state index contributed by atoms with van der Waals surface area (Å²) in [5.41, 5.74) is 0.900. The Kier molecular flexibility index (Phi) is 4.17. The van der Waals surface area contributed by atoms with Gasteiger partial charge in [0.15, 0.2) is 0 Å². The number of nitrogens with zero attached hydrogens (tertiary/aromatic N) is 1. The molecule has 1 aromatic carbocycles. The number of rotatable bonds is 3. The third kappa shape index (κ3) is 3.84. The average Bonchev–Trinajstić information content (AvgIpc) is 2.10. The molecule has 0 bridgehead atoms. The second-order valence-electron chi connectivity index (χ2n) is 4.23. The maximum Gasteiger partial charge on any atom is 0.107 e. The summed E-state index contributed by atoms with van der Waals surface area (Å²) in [6.45, 7) is 6.51. The Morgan fingerprint density at radius 1 is 1.40 bits per heavy atom. The second kappa shape index (κ2) is 4.99. The molecule has 15 heavy (non-hydrogen) atoms. The highest BCUT2D eigenvalue weighted by Gasteiger charge is 2.17. The fourth-order valence-corrected chi connectivity index (χ4v) is 2.52. The Bertz CT molecular complexity index is 360. The predicted octanol–water partition coefficient (Wildman–Crippen LogP) is 4.50. The van der Waals surface area contributed by atoms with Gasteiger partial charge in [-0.2, -0.15) is 4.91 Å². The van der Waals surface area contributed by atoms with Gasteiger partial charge in [-0.1, -0.05) is 49.7 Å². The fraction of sp³-hybridized carbons (Fsp3) is 0.455. The Hall–Kier alpha value is -0.540. The lowest BCUT2D eigenvalue weighted by molar-refractivity contribution is 0.801. The number of thioether (sulfide) groups is 1. The minimum atomic E-state index is 0.0721. The summed E-state index contributed by atoms with van der Waals surface area (Å²) in [5, 5.41) is 3.61. The van der Waals surface area contributed by atoms with Crippen LogP contribution in [0, 0.1) is 4.91 Å². The van der Waals surface area contributed by atoms with Crippen molar-refractivity contribution in [3.8, 4) is 0 Å². The van der Waals surface area contributed by atoms with Crippen LogP contribution in [-0.2, 0) is 6.54 Å². The van der Waals surface area contributed by atoms with Crippen LogP contribution in [-0.4, -0.2) is 4.75 Å². The van der Waals surface area contributed by atoms with Crippen LogP contribution < -0.4 is 0 Å². The first-order valence-electron chi connectivity index (χ1n) is 4.69. The van der Waals surface area contributed by atoms with Crippen LogP contribution in [0.15, 0.2) is 28.3 Å². The molecule has 0 unspecified atom stereocenters. The lowest BCUT2D eigenvalue weighted by Gasteiger charge is -2.20. The van der Waals surface area contributed by atoms with Crippen LogP contribution in [0.3, 0.4) is 0 Å². The van der Waals surface area contributed by atoms with E-state index in [4.69, 9.17) is 11.6 Å². The summed E-state index contributed by atoms with van der Waals surface area (Å²) in [5.74, 6) is 0. The van der Waals surface area contributed by atoms with Crippen molar-refractivity contribution in [2.75, 3.05) is 0 Å². The largest absolute Gasteiger partial charge is 0.150 e. The van der Waals surface area contributed by atoms with Crippen LogP contribution >= 0.6 is 23.4 Å². The molecule has 0 N–H and O–H groups in total. The van der Waals surface area contributed by atoms with Crippen LogP contribution in [0.5, 0.6) is 0 Å². The first kappa shape index (κ1) is 12.5. The van der Waals surface area contributed by atoms with Crippen LogP contribution in [0.2, 0.25) is 5.02 Å². The number of nitroso groups, excluding NO2 is 1. The lowest BCUT2D eigenvalue weighted by atomic mass is 10.2. The minimum absolute atomic E-state index is 0.0721. The maximum absolute atomic E-state index is 10.3. The van der Waals surface area contributed by atoms with Gasteiger partial charge in [-0.25, -0.2) is 0 Å². The molecule has 1 aromatic rings. The first-order valence-corrected chi connectivity index (χ1v) is 5.89. The van der Waals surface area contributed by atoms with E-state index in [9.17, 15) is 4.91 Å². The Morgan fingerprint density at radius 3 is 2.60 bits per heavy atom. The van der Waals surface area contributed by atoms with E-state index in [1.54, 1.807) is 11.8 Å². The van der Waals surface area contributed by atoms with Crippen molar-refractivity contribution in [1.82, 2.24) is 0 Å². The molecular formula is C11H14ClNOS. The van der Waals surface area contributed by atoms with Gasteiger partial charge in [0.2, 0.25) is 0 Å². The van der Waals surface area contributed by atoms with E-state index >= 15 is 0 Å². The van der Waals surface area contributed by atoms with Crippen molar-refractivity contribution in [1.29, 1.82) is 0 Å². The second-order valence-corrected chi connectivity index (χ2v) is 6.47. The van der Waals surface area contributed by atoms with Crippen molar-refractivity contribution in [3.63, 3.8) is 0 Å². The van der Waals surface area contributed by atoms with Gasteiger partial charge in [-0.05, 0) is 11.6 Å². The molecule has 0 aliphatic carbocycles. The van der Waals surface area contributed by atoms with Crippen LogP contribution in [0.4, 0.5) is 0 Å². The number of hydrogen-bond acceptors (Lipinski definition) is 3. The molecule has 0 aliphatic rings. The van der Waals surface area contributed by atoms with Gasteiger partial charge in [-0.15, -0.1) is 11.8 Å². The Balaban J connectivity index is 3.07. The quantitative estimate of drug-likeness (QED) is 0.578. The van der Waals surface area contributed by atoms with Gasteiger partial charge in [-0.3, -0.25) is 0 Å². The smallest absolute Gasteiger partial charge is 0.107 e. The lowest BCUT2D eigenvalue weighted by Crippen LogP contribution is -2.07. The zero-order chi connectivity index (χ0) is 11.5. The molecule has 0 amide bonds. The topological polar surface area (TPSA) is 29.4 Å². The van der Waals surface area contributed by atoms with Crippen molar-refractivity contribution in [2.24, 2.45) is 5.18 Å². The standard InChI is InChI=1S/C11H14ClNOS/c1-11(2,3)15-10-8(7-13-14)5-4-6-9(10)12/h4-6H,7H2,1-3H3. The third-order valence-electron chi connectivity index (χ3n) is 1.69. The first-order chi connectivity index (χ1) is 6.94. The Morgan fingerprint density at radius 2 is 2.07 bits per heavy atom. The molecule has 4 heteroatoms. The molecule has 0 fully saturated rings. The van der Waals surface area contributed by atoms with Crippen molar-refractivity contribution < 1.29 is 0 Å². The zero-order valence-electron chi connectivity index (χ0n) is 9.08. The highest BCUT2D eigenvalue weighted by atomic mass is 35.5. The molecule has 0 aliphatic heterocycles. The summed E-state index contributed by atoms with van der Waals surface area (Å²) in [7, 11) is 0. The van der Waals surface area contributed by atoms with E-state index in [1.165, 1.54) is 0 Å². The third-order valence-corrected chi connectivity index (χ3v) is 3.42. The molecule has 2 nitrogen and oxygen atoms in total. The van der Waals surface area contributed by atoms with Gasteiger partial charge in [0.25, 0.3) is 0 Å². The average molecular weight is 244 g/mol. The summed E-state index contributed by atoms with van der Waals surface area (Å²) >= 11 is 7.77. The number of benzene rings is 1.